The van der Waals surface area contributed by atoms with Crippen molar-refractivity contribution in [3.63, 3.8) is 0 Å². The van der Waals surface area contributed by atoms with Gasteiger partial charge in [-0.1, -0.05) is 12.1 Å². The SMILES string of the molecule is COc1cccc(CN2CC(C3CCNCC3)OC2=O)c1. The summed E-state index contributed by atoms with van der Waals surface area (Å²) in [6.07, 6.45) is 2.03. The molecule has 0 aliphatic carbocycles. The summed E-state index contributed by atoms with van der Waals surface area (Å²) in [7, 11) is 1.65. The van der Waals surface area contributed by atoms with Crippen LogP contribution < -0.4 is 10.1 Å². The topological polar surface area (TPSA) is 50.8 Å². The third-order valence-electron chi connectivity index (χ3n) is 4.33. The van der Waals surface area contributed by atoms with Gasteiger partial charge < -0.3 is 19.7 Å². The molecule has 3 rings (SSSR count). The van der Waals surface area contributed by atoms with E-state index in [0.29, 0.717) is 19.0 Å². The molecule has 0 saturated carbocycles. The first-order valence-electron chi connectivity index (χ1n) is 7.55. The van der Waals surface area contributed by atoms with Crippen LogP contribution in [0.25, 0.3) is 0 Å². The van der Waals surface area contributed by atoms with E-state index in [9.17, 15) is 4.79 Å². The fourth-order valence-corrected chi connectivity index (χ4v) is 3.11. The van der Waals surface area contributed by atoms with Crippen LogP contribution in [-0.4, -0.2) is 43.8 Å². The Labute approximate surface area is 125 Å². The number of methoxy groups -OCH3 is 1. The zero-order valence-corrected chi connectivity index (χ0v) is 12.4. The maximum atomic E-state index is 12.0. The van der Waals surface area contributed by atoms with E-state index in [4.69, 9.17) is 9.47 Å². The van der Waals surface area contributed by atoms with Crippen molar-refractivity contribution in [1.29, 1.82) is 0 Å². The molecule has 1 amide bonds. The molecular formula is C16H22N2O3. The maximum absolute atomic E-state index is 12.0. The number of hydrogen-bond acceptors (Lipinski definition) is 4. The van der Waals surface area contributed by atoms with E-state index in [1.807, 2.05) is 24.3 Å². The highest BCUT2D eigenvalue weighted by molar-refractivity contribution is 5.70. The Morgan fingerprint density at radius 1 is 1.38 bits per heavy atom. The number of carbonyl (C=O) groups is 1. The standard InChI is InChI=1S/C16H22N2O3/c1-20-14-4-2-3-12(9-14)10-18-11-15(21-16(18)19)13-5-7-17-8-6-13/h2-4,9,13,15,17H,5-8,10-11H2,1H3. The molecule has 0 spiro atoms. The third kappa shape index (κ3) is 3.29. The number of benzene rings is 1. The average Bonchev–Trinajstić information content (AvgIpc) is 2.89. The van der Waals surface area contributed by atoms with Crippen molar-refractivity contribution in [2.24, 2.45) is 5.92 Å². The Balaban J connectivity index is 1.62. The van der Waals surface area contributed by atoms with Gasteiger partial charge in [-0.2, -0.15) is 0 Å². The molecule has 1 atom stereocenters. The molecule has 1 aromatic rings. The van der Waals surface area contributed by atoms with Crippen LogP contribution in [0.4, 0.5) is 4.79 Å². The van der Waals surface area contributed by atoms with E-state index in [0.717, 1.165) is 37.2 Å². The molecular weight excluding hydrogens is 268 g/mol. The predicted molar refractivity (Wildman–Crippen MR) is 79.3 cm³/mol. The van der Waals surface area contributed by atoms with E-state index < -0.39 is 0 Å². The number of carbonyl (C=O) groups excluding carboxylic acids is 1. The normalized spacial score (nSPS) is 23.2. The summed E-state index contributed by atoms with van der Waals surface area (Å²) in [5, 5.41) is 3.35. The maximum Gasteiger partial charge on any atom is 0.410 e. The molecule has 2 saturated heterocycles. The number of amides is 1. The fraction of sp³-hybridized carbons (Fsp3) is 0.562. The van der Waals surface area contributed by atoms with Crippen molar-refractivity contribution in [2.45, 2.75) is 25.5 Å². The van der Waals surface area contributed by atoms with E-state index in [1.54, 1.807) is 12.0 Å². The number of nitrogens with one attached hydrogen (secondary N) is 1. The highest BCUT2D eigenvalue weighted by atomic mass is 16.6. The van der Waals surface area contributed by atoms with E-state index in [-0.39, 0.29) is 12.2 Å². The van der Waals surface area contributed by atoms with E-state index in [1.165, 1.54) is 0 Å². The molecule has 0 bridgehead atoms. The first-order chi connectivity index (χ1) is 10.3. The monoisotopic (exact) mass is 290 g/mol. The van der Waals surface area contributed by atoms with Gasteiger partial charge in [0.1, 0.15) is 11.9 Å². The molecule has 2 heterocycles. The van der Waals surface area contributed by atoms with Crippen molar-refractivity contribution in [3.05, 3.63) is 29.8 Å². The molecule has 2 aliphatic rings. The van der Waals surface area contributed by atoms with Crippen LogP contribution in [-0.2, 0) is 11.3 Å². The van der Waals surface area contributed by atoms with Crippen LogP contribution in [0.1, 0.15) is 18.4 Å². The molecule has 1 unspecified atom stereocenters. The second kappa shape index (κ2) is 6.35. The van der Waals surface area contributed by atoms with Crippen molar-refractivity contribution in [1.82, 2.24) is 10.2 Å². The zero-order chi connectivity index (χ0) is 14.7. The Morgan fingerprint density at radius 2 is 2.19 bits per heavy atom. The fourth-order valence-electron chi connectivity index (χ4n) is 3.11. The van der Waals surface area contributed by atoms with Crippen LogP contribution in [0.5, 0.6) is 5.75 Å². The highest BCUT2D eigenvalue weighted by Crippen LogP contribution is 2.26. The number of rotatable bonds is 4. The van der Waals surface area contributed by atoms with Gasteiger partial charge in [-0.15, -0.1) is 0 Å². The van der Waals surface area contributed by atoms with Gasteiger partial charge in [0.2, 0.25) is 0 Å². The van der Waals surface area contributed by atoms with Gasteiger partial charge in [0.15, 0.2) is 0 Å². The molecule has 21 heavy (non-hydrogen) atoms. The number of hydrogen-bond donors (Lipinski definition) is 1. The van der Waals surface area contributed by atoms with Crippen molar-refractivity contribution < 1.29 is 14.3 Å². The lowest BCUT2D eigenvalue weighted by molar-refractivity contribution is 0.0905. The minimum atomic E-state index is -0.193. The lowest BCUT2D eigenvalue weighted by Gasteiger charge is -2.26. The van der Waals surface area contributed by atoms with Gasteiger partial charge in [0.25, 0.3) is 0 Å². The van der Waals surface area contributed by atoms with Gasteiger partial charge in [-0.25, -0.2) is 4.79 Å². The quantitative estimate of drug-likeness (QED) is 0.921. The Morgan fingerprint density at radius 3 is 2.95 bits per heavy atom. The Kier molecular flexibility index (Phi) is 4.29. The second-order valence-electron chi connectivity index (χ2n) is 5.74. The first kappa shape index (κ1) is 14.2. The molecule has 5 heteroatoms. The van der Waals surface area contributed by atoms with Gasteiger partial charge >= 0.3 is 6.09 Å². The summed E-state index contributed by atoms with van der Waals surface area (Å²) in [4.78, 5) is 13.8. The van der Waals surface area contributed by atoms with Crippen molar-refractivity contribution in [2.75, 3.05) is 26.7 Å². The molecule has 1 aromatic carbocycles. The predicted octanol–water partition coefficient (Wildman–Crippen LogP) is 2.02. The first-order valence-corrected chi connectivity index (χ1v) is 7.55. The lowest BCUT2D eigenvalue weighted by Crippen LogP contribution is -2.36. The van der Waals surface area contributed by atoms with Crippen molar-refractivity contribution >= 4 is 6.09 Å². The van der Waals surface area contributed by atoms with E-state index in [2.05, 4.69) is 5.32 Å². The van der Waals surface area contributed by atoms with Crippen molar-refractivity contribution in [3.8, 4) is 5.75 Å². The van der Waals surface area contributed by atoms with Crippen LogP contribution in [0.3, 0.4) is 0 Å². The molecule has 114 valence electrons. The Bertz CT molecular complexity index is 500. The van der Waals surface area contributed by atoms with Gasteiger partial charge in [-0.3, -0.25) is 0 Å². The highest BCUT2D eigenvalue weighted by Gasteiger charge is 2.36. The van der Waals surface area contributed by atoms with Crippen LogP contribution in [0.2, 0.25) is 0 Å². The number of piperidine rings is 1. The largest absolute Gasteiger partial charge is 0.497 e. The number of ether oxygens (including phenoxy) is 2. The summed E-state index contributed by atoms with van der Waals surface area (Å²) in [6.45, 7) is 3.32. The summed E-state index contributed by atoms with van der Waals surface area (Å²) in [6, 6.07) is 7.82. The molecule has 1 N–H and O–H groups in total. The summed E-state index contributed by atoms with van der Waals surface area (Å²) in [5.74, 6) is 1.31. The average molecular weight is 290 g/mol. The van der Waals surface area contributed by atoms with E-state index >= 15 is 0 Å². The summed E-state index contributed by atoms with van der Waals surface area (Å²) < 4.78 is 10.8. The van der Waals surface area contributed by atoms with Gasteiger partial charge in [-0.05, 0) is 43.6 Å². The number of cyclic esters (lactones) is 1. The van der Waals surface area contributed by atoms with Crippen LogP contribution in [0, 0.1) is 5.92 Å². The summed E-state index contributed by atoms with van der Waals surface area (Å²) in [5.41, 5.74) is 1.07. The molecule has 0 radical (unpaired) electrons. The van der Waals surface area contributed by atoms with Crippen LogP contribution >= 0.6 is 0 Å². The number of nitrogens with zero attached hydrogens (tertiary/aromatic N) is 1. The minimum Gasteiger partial charge on any atom is -0.497 e. The molecule has 0 aromatic heterocycles. The summed E-state index contributed by atoms with van der Waals surface area (Å²) >= 11 is 0. The van der Waals surface area contributed by atoms with Gasteiger partial charge in [0.05, 0.1) is 13.7 Å². The van der Waals surface area contributed by atoms with Gasteiger partial charge in [0, 0.05) is 12.5 Å². The lowest BCUT2D eigenvalue weighted by atomic mass is 9.92. The second-order valence-corrected chi connectivity index (χ2v) is 5.74. The smallest absolute Gasteiger partial charge is 0.410 e. The molecule has 5 nitrogen and oxygen atoms in total. The molecule has 2 fully saturated rings. The third-order valence-corrected chi connectivity index (χ3v) is 4.33. The molecule has 2 aliphatic heterocycles. The van der Waals surface area contributed by atoms with Crippen LogP contribution in [0.15, 0.2) is 24.3 Å². The Hall–Kier alpha value is -1.75. The minimum absolute atomic E-state index is 0.0465. The zero-order valence-electron chi connectivity index (χ0n) is 12.4.